The molecule has 1 aromatic heterocycles. The van der Waals surface area contributed by atoms with Crippen molar-refractivity contribution in [2.24, 2.45) is 5.92 Å². The third kappa shape index (κ3) is 4.97. The Morgan fingerprint density at radius 2 is 1.91 bits per heavy atom. The molecule has 4 nitrogen and oxygen atoms in total. The van der Waals surface area contributed by atoms with Crippen LogP contribution in [0.4, 0.5) is 0 Å². The third-order valence-electron chi connectivity index (χ3n) is 6.85. The van der Waals surface area contributed by atoms with Crippen LogP contribution in [0, 0.1) is 5.92 Å². The van der Waals surface area contributed by atoms with Gasteiger partial charge in [-0.3, -0.25) is 9.69 Å². The number of ether oxygens (including phenoxy) is 1. The van der Waals surface area contributed by atoms with E-state index in [0.29, 0.717) is 11.5 Å². The van der Waals surface area contributed by atoms with Gasteiger partial charge in [-0.25, -0.2) is 0 Å². The Morgan fingerprint density at radius 1 is 1.11 bits per heavy atom. The normalized spacial score (nSPS) is 16.1. The first-order valence-electron chi connectivity index (χ1n) is 12.4. The van der Waals surface area contributed by atoms with E-state index in [1.54, 1.807) is 12.1 Å². The first kappa shape index (κ1) is 23.6. The van der Waals surface area contributed by atoms with Gasteiger partial charge in [-0.2, -0.15) is 0 Å². The minimum atomic E-state index is 0.0262. The lowest BCUT2D eigenvalue weighted by molar-refractivity contribution is 0.104. The van der Waals surface area contributed by atoms with Crippen molar-refractivity contribution < 1.29 is 14.6 Å². The van der Waals surface area contributed by atoms with Crippen LogP contribution in [0.15, 0.2) is 66.7 Å². The Bertz CT molecular complexity index is 1340. The van der Waals surface area contributed by atoms with E-state index < -0.39 is 0 Å². The summed E-state index contributed by atoms with van der Waals surface area (Å²) < 4.78 is 6.92. The highest BCUT2D eigenvalue weighted by Gasteiger charge is 2.23. The lowest BCUT2D eigenvalue weighted by atomic mass is 9.95. The van der Waals surface area contributed by atoms with Crippen LogP contribution in [0.5, 0.6) is 11.5 Å². The van der Waals surface area contributed by atoms with E-state index in [2.05, 4.69) is 18.7 Å². The quantitative estimate of drug-likeness (QED) is 0.279. The Balaban J connectivity index is 1.44. The monoisotopic (exact) mass is 485 g/mol. The highest BCUT2D eigenvalue weighted by atomic mass is 32.1. The van der Waals surface area contributed by atoms with E-state index in [1.807, 2.05) is 54.6 Å². The van der Waals surface area contributed by atoms with Crippen molar-refractivity contribution in [1.29, 1.82) is 0 Å². The van der Waals surface area contributed by atoms with Gasteiger partial charge in [0.25, 0.3) is 0 Å². The van der Waals surface area contributed by atoms with Gasteiger partial charge in [-0.1, -0.05) is 50.2 Å². The number of fused-ring (bicyclic) bond motifs is 1. The van der Waals surface area contributed by atoms with E-state index >= 15 is 0 Å². The van der Waals surface area contributed by atoms with Crippen LogP contribution >= 0.6 is 11.3 Å². The maximum Gasteiger partial charge on any atom is 0.203 e. The summed E-state index contributed by atoms with van der Waals surface area (Å²) in [6, 6.07) is 21.2. The number of carbonyl (C=O) groups excluding carboxylic acids is 1. The lowest BCUT2D eigenvalue weighted by Crippen LogP contribution is -2.25. The van der Waals surface area contributed by atoms with Crippen molar-refractivity contribution in [3.63, 3.8) is 0 Å². The maximum absolute atomic E-state index is 13.8. The number of likely N-dealkylation sites (tertiary alicyclic amines) is 1. The zero-order valence-electron chi connectivity index (χ0n) is 20.3. The molecule has 0 amide bonds. The van der Waals surface area contributed by atoms with Gasteiger partial charge in [-0.05, 0) is 66.8 Å². The molecule has 1 fully saturated rings. The minimum absolute atomic E-state index is 0.0262. The number of aryl methyl sites for hydroxylation is 1. The number of nitrogens with zero attached hydrogens (tertiary/aromatic N) is 1. The Labute approximate surface area is 210 Å². The number of carbonyl (C=O) groups is 1. The summed E-state index contributed by atoms with van der Waals surface area (Å²) in [4.78, 5) is 16.9. The van der Waals surface area contributed by atoms with Gasteiger partial charge in [0.15, 0.2) is 0 Å². The average molecular weight is 486 g/mol. The second-order valence-corrected chi connectivity index (χ2v) is 10.4. The van der Waals surface area contributed by atoms with Crippen LogP contribution in [0.3, 0.4) is 0 Å². The number of rotatable bonds is 8. The van der Waals surface area contributed by atoms with Crippen LogP contribution in [0.25, 0.3) is 21.2 Å². The summed E-state index contributed by atoms with van der Waals surface area (Å²) in [7, 11) is 0. The molecule has 0 spiro atoms. The predicted molar refractivity (Wildman–Crippen MR) is 144 cm³/mol. The van der Waals surface area contributed by atoms with Gasteiger partial charge in [0, 0.05) is 34.3 Å². The zero-order valence-corrected chi connectivity index (χ0v) is 21.1. The Kier molecular flexibility index (Phi) is 6.89. The molecule has 1 aliphatic rings. The molecule has 1 N–H and O–H groups in total. The molecule has 2 heterocycles. The summed E-state index contributed by atoms with van der Waals surface area (Å²) in [5.74, 6) is 1.84. The number of benzene rings is 3. The molecule has 180 valence electrons. The van der Waals surface area contributed by atoms with Crippen molar-refractivity contribution >= 4 is 27.2 Å². The molecular formula is C30H31NO3S. The van der Waals surface area contributed by atoms with Crippen LogP contribution in [0.2, 0.25) is 0 Å². The molecule has 5 rings (SSSR count). The SMILES string of the molecule is CCc1ccccc1C(=O)c1sc2cc(O)ccc2c1-c1ccc(OCCN2CC[C@H](C)C2)cc1. The third-order valence-corrected chi connectivity index (χ3v) is 8.00. The van der Waals surface area contributed by atoms with Crippen molar-refractivity contribution in [2.75, 3.05) is 26.2 Å². The van der Waals surface area contributed by atoms with Gasteiger partial charge in [0.1, 0.15) is 18.1 Å². The number of hydrogen-bond acceptors (Lipinski definition) is 5. The minimum Gasteiger partial charge on any atom is -0.508 e. The molecule has 5 heteroatoms. The van der Waals surface area contributed by atoms with E-state index in [1.165, 1.54) is 17.8 Å². The molecule has 0 bridgehead atoms. The largest absolute Gasteiger partial charge is 0.508 e. The summed E-state index contributed by atoms with van der Waals surface area (Å²) >= 11 is 1.44. The summed E-state index contributed by atoms with van der Waals surface area (Å²) in [6.45, 7) is 8.29. The van der Waals surface area contributed by atoms with Crippen LogP contribution in [-0.4, -0.2) is 42.0 Å². The number of ketones is 1. The fourth-order valence-electron chi connectivity index (χ4n) is 4.94. The maximum atomic E-state index is 13.8. The molecule has 4 aromatic rings. The van der Waals surface area contributed by atoms with Crippen LogP contribution in [0.1, 0.15) is 41.1 Å². The van der Waals surface area contributed by atoms with Gasteiger partial charge in [-0.15, -0.1) is 11.3 Å². The number of hydrogen-bond donors (Lipinski definition) is 1. The number of phenolic OH excluding ortho intramolecular Hbond substituents is 1. The van der Waals surface area contributed by atoms with Crippen LogP contribution < -0.4 is 4.74 Å². The van der Waals surface area contributed by atoms with Gasteiger partial charge < -0.3 is 9.84 Å². The number of aromatic hydroxyl groups is 1. The summed E-state index contributed by atoms with van der Waals surface area (Å²) in [6.07, 6.45) is 2.07. The van der Waals surface area contributed by atoms with Gasteiger partial charge in [0.2, 0.25) is 5.78 Å². The smallest absolute Gasteiger partial charge is 0.203 e. The van der Waals surface area contributed by atoms with E-state index in [9.17, 15) is 9.90 Å². The topological polar surface area (TPSA) is 49.8 Å². The molecule has 1 aliphatic heterocycles. The summed E-state index contributed by atoms with van der Waals surface area (Å²) in [5, 5.41) is 11.0. The second-order valence-electron chi connectivity index (χ2n) is 9.39. The Morgan fingerprint density at radius 3 is 2.66 bits per heavy atom. The predicted octanol–water partition coefficient (Wildman–Crippen LogP) is 6.79. The second kappa shape index (κ2) is 10.2. The highest BCUT2D eigenvalue weighted by Crippen LogP contribution is 2.42. The van der Waals surface area contributed by atoms with Gasteiger partial charge in [0.05, 0.1) is 4.88 Å². The van der Waals surface area contributed by atoms with Crippen molar-refractivity contribution in [3.8, 4) is 22.6 Å². The molecule has 0 saturated carbocycles. The molecule has 0 radical (unpaired) electrons. The van der Waals surface area contributed by atoms with Crippen molar-refractivity contribution in [3.05, 3.63) is 82.7 Å². The number of thiophene rings is 1. The molecule has 3 aromatic carbocycles. The molecule has 35 heavy (non-hydrogen) atoms. The standard InChI is InChI=1S/C30H31NO3S/c1-3-21-6-4-5-7-25(21)29(33)30-28(26-13-10-23(32)18-27(26)35-30)22-8-11-24(12-9-22)34-17-16-31-15-14-20(2)19-31/h4-13,18,20,32H,3,14-17,19H2,1-2H3/t20-/m0/s1. The Hall–Kier alpha value is -3.15. The number of phenols is 1. The molecular weight excluding hydrogens is 454 g/mol. The first-order chi connectivity index (χ1) is 17.0. The molecule has 0 aliphatic carbocycles. The fourth-order valence-corrected chi connectivity index (χ4v) is 6.16. The lowest BCUT2D eigenvalue weighted by Gasteiger charge is -2.15. The van der Waals surface area contributed by atoms with Gasteiger partial charge >= 0.3 is 0 Å². The summed E-state index contributed by atoms with van der Waals surface area (Å²) in [5.41, 5.74) is 3.67. The zero-order chi connectivity index (χ0) is 24.4. The first-order valence-corrected chi connectivity index (χ1v) is 13.2. The van der Waals surface area contributed by atoms with Crippen molar-refractivity contribution in [1.82, 2.24) is 4.90 Å². The molecule has 1 atom stereocenters. The molecule has 1 saturated heterocycles. The fraction of sp³-hybridized carbons (Fsp3) is 0.300. The van der Waals surface area contributed by atoms with E-state index in [-0.39, 0.29) is 11.5 Å². The van der Waals surface area contributed by atoms with Crippen molar-refractivity contribution in [2.45, 2.75) is 26.7 Å². The van der Waals surface area contributed by atoms with Crippen LogP contribution in [-0.2, 0) is 6.42 Å². The highest BCUT2D eigenvalue weighted by molar-refractivity contribution is 7.21. The van der Waals surface area contributed by atoms with E-state index in [0.717, 1.165) is 70.1 Å². The molecule has 0 unspecified atom stereocenters. The van der Waals surface area contributed by atoms with E-state index in [4.69, 9.17) is 4.74 Å². The average Bonchev–Trinajstić information content (AvgIpc) is 3.46.